The molecule has 3 heteroatoms. The van der Waals surface area contributed by atoms with Crippen LogP contribution in [0.2, 0.25) is 0 Å². The molecule has 0 radical (unpaired) electrons. The van der Waals surface area contributed by atoms with E-state index in [1.807, 2.05) is 42.5 Å². The molecule has 3 aromatic rings. The predicted molar refractivity (Wildman–Crippen MR) is 92.4 cm³/mol. The third kappa shape index (κ3) is 3.58. The molecule has 23 heavy (non-hydrogen) atoms. The molecular weight excluding hydrogens is 286 g/mol. The normalized spacial score (nSPS) is 10.3. The van der Waals surface area contributed by atoms with Crippen molar-refractivity contribution in [3.8, 4) is 0 Å². The molecule has 114 valence electrons. The van der Waals surface area contributed by atoms with Crippen molar-refractivity contribution in [1.82, 2.24) is 0 Å². The summed E-state index contributed by atoms with van der Waals surface area (Å²) in [6, 6.07) is 25.1. The number of hydrogen-bond donors (Lipinski definition) is 2. The van der Waals surface area contributed by atoms with E-state index < -0.39 is 5.97 Å². The van der Waals surface area contributed by atoms with Gasteiger partial charge in [0.25, 0.3) is 0 Å². The van der Waals surface area contributed by atoms with Gasteiger partial charge < -0.3 is 10.4 Å². The zero-order chi connectivity index (χ0) is 16.1. The highest BCUT2D eigenvalue weighted by Gasteiger charge is 2.10. The summed E-state index contributed by atoms with van der Waals surface area (Å²) in [6.45, 7) is 0. The summed E-state index contributed by atoms with van der Waals surface area (Å²) >= 11 is 0. The van der Waals surface area contributed by atoms with Gasteiger partial charge >= 0.3 is 5.97 Å². The zero-order valence-electron chi connectivity index (χ0n) is 12.6. The first-order chi connectivity index (χ1) is 11.2. The molecule has 0 unspecified atom stereocenters. The van der Waals surface area contributed by atoms with Crippen LogP contribution >= 0.6 is 0 Å². The van der Waals surface area contributed by atoms with E-state index >= 15 is 0 Å². The molecule has 3 aromatic carbocycles. The van der Waals surface area contributed by atoms with Crippen molar-refractivity contribution in [2.45, 2.75) is 6.42 Å². The van der Waals surface area contributed by atoms with Crippen LogP contribution < -0.4 is 5.32 Å². The highest BCUT2D eigenvalue weighted by molar-refractivity contribution is 5.95. The van der Waals surface area contributed by atoms with Gasteiger partial charge in [-0.2, -0.15) is 0 Å². The van der Waals surface area contributed by atoms with Gasteiger partial charge in [-0.25, -0.2) is 4.79 Å². The van der Waals surface area contributed by atoms with Gasteiger partial charge in [0.15, 0.2) is 0 Å². The van der Waals surface area contributed by atoms with Crippen LogP contribution in [0.5, 0.6) is 0 Å². The van der Waals surface area contributed by atoms with Gasteiger partial charge in [-0.05, 0) is 35.7 Å². The topological polar surface area (TPSA) is 49.3 Å². The van der Waals surface area contributed by atoms with E-state index in [2.05, 4.69) is 23.5 Å². The van der Waals surface area contributed by atoms with Crippen LogP contribution in [0.3, 0.4) is 0 Å². The lowest BCUT2D eigenvalue weighted by Crippen LogP contribution is -2.04. The SMILES string of the molecule is O=C(O)c1ccccc1Nc1ccccc1Cc1ccccc1. The van der Waals surface area contributed by atoms with Crippen molar-refractivity contribution in [1.29, 1.82) is 0 Å². The molecule has 0 saturated carbocycles. The second-order valence-corrected chi connectivity index (χ2v) is 5.30. The molecule has 0 aliphatic rings. The number of para-hydroxylation sites is 2. The van der Waals surface area contributed by atoms with Crippen molar-refractivity contribution in [3.05, 3.63) is 95.6 Å². The summed E-state index contributed by atoms with van der Waals surface area (Å²) in [4.78, 5) is 11.3. The van der Waals surface area contributed by atoms with E-state index in [9.17, 15) is 9.90 Å². The Morgan fingerprint density at radius 2 is 1.39 bits per heavy atom. The molecule has 0 aliphatic heterocycles. The summed E-state index contributed by atoms with van der Waals surface area (Å²) in [5.74, 6) is -0.936. The molecule has 3 nitrogen and oxygen atoms in total. The quantitative estimate of drug-likeness (QED) is 0.717. The van der Waals surface area contributed by atoms with Gasteiger partial charge in [0, 0.05) is 5.69 Å². The first kappa shape index (κ1) is 14.9. The van der Waals surface area contributed by atoms with E-state index in [4.69, 9.17) is 0 Å². The largest absolute Gasteiger partial charge is 0.478 e. The molecule has 0 saturated heterocycles. The van der Waals surface area contributed by atoms with Crippen molar-refractivity contribution >= 4 is 17.3 Å². The van der Waals surface area contributed by atoms with Crippen LogP contribution in [0.4, 0.5) is 11.4 Å². The Labute approximate surface area is 135 Å². The number of aromatic carboxylic acids is 1. The molecule has 0 fully saturated rings. The van der Waals surface area contributed by atoms with Gasteiger partial charge in [0.2, 0.25) is 0 Å². The second-order valence-electron chi connectivity index (χ2n) is 5.30. The highest BCUT2D eigenvalue weighted by atomic mass is 16.4. The Hall–Kier alpha value is -3.07. The van der Waals surface area contributed by atoms with E-state index in [1.165, 1.54) is 5.56 Å². The van der Waals surface area contributed by atoms with E-state index in [-0.39, 0.29) is 5.56 Å². The molecule has 0 spiro atoms. The Balaban J connectivity index is 1.91. The first-order valence-electron chi connectivity index (χ1n) is 7.45. The lowest BCUT2D eigenvalue weighted by molar-refractivity contribution is 0.0698. The average Bonchev–Trinajstić information content (AvgIpc) is 2.58. The summed E-state index contributed by atoms with van der Waals surface area (Å²) in [5.41, 5.74) is 4.12. The Morgan fingerprint density at radius 1 is 0.783 bits per heavy atom. The minimum atomic E-state index is -0.936. The average molecular weight is 303 g/mol. The maximum atomic E-state index is 11.3. The molecule has 2 N–H and O–H groups in total. The molecule has 3 rings (SSSR count). The molecule has 0 atom stereocenters. The third-order valence-corrected chi connectivity index (χ3v) is 3.68. The van der Waals surface area contributed by atoms with Gasteiger partial charge in [0.05, 0.1) is 11.3 Å². The van der Waals surface area contributed by atoms with Crippen LogP contribution in [0.25, 0.3) is 0 Å². The van der Waals surface area contributed by atoms with Crippen LogP contribution in [-0.4, -0.2) is 11.1 Å². The number of anilines is 2. The number of carboxylic acids is 1. The molecule has 0 amide bonds. The monoisotopic (exact) mass is 303 g/mol. The molecule has 0 aromatic heterocycles. The predicted octanol–water partition coefficient (Wildman–Crippen LogP) is 4.72. The lowest BCUT2D eigenvalue weighted by Gasteiger charge is -2.14. The lowest BCUT2D eigenvalue weighted by atomic mass is 10.0. The van der Waals surface area contributed by atoms with Gasteiger partial charge in [-0.15, -0.1) is 0 Å². The van der Waals surface area contributed by atoms with E-state index in [0.717, 1.165) is 17.7 Å². The summed E-state index contributed by atoms with van der Waals surface area (Å²) in [6.07, 6.45) is 0.791. The Bertz CT molecular complexity index is 813. The van der Waals surface area contributed by atoms with Gasteiger partial charge in [-0.1, -0.05) is 60.7 Å². The number of benzene rings is 3. The number of hydrogen-bond acceptors (Lipinski definition) is 2. The maximum absolute atomic E-state index is 11.3. The molecule has 0 bridgehead atoms. The van der Waals surface area contributed by atoms with Crippen molar-refractivity contribution < 1.29 is 9.90 Å². The first-order valence-corrected chi connectivity index (χ1v) is 7.45. The number of rotatable bonds is 5. The molecule has 0 heterocycles. The number of carboxylic acid groups (broad SMARTS) is 1. The van der Waals surface area contributed by atoms with Crippen LogP contribution in [0.15, 0.2) is 78.9 Å². The molecule has 0 aliphatic carbocycles. The van der Waals surface area contributed by atoms with Crippen molar-refractivity contribution in [2.75, 3.05) is 5.32 Å². The zero-order valence-corrected chi connectivity index (χ0v) is 12.6. The third-order valence-electron chi connectivity index (χ3n) is 3.68. The standard InChI is InChI=1S/C20H17NO2/c22-20(23)17-11-5-7-13-19(17)21-18-12-6-4-10-16(18)14-15-8-2-1-3-9-15/h1-13,21H,14H2,(H,22,23). The summed E-state index contributed by atoms with van der Waals surface area (Å²) < 4.78 is 0. The Morgan fingerprint density at radius 3 is 2.13 bits per heavy atom. The fourth-order valence-electron chi connectivity index (χ4n) is 2.54. The fourth-order valence-corrected chi connectivity index (χ4v) is 2.54. The van der Waals surface area contributed by atoms with Gasteiger partial charge in [-0.3, -0.25) is 0 Å². The van der Waals surface area contributed by atoms with Crippen LogP contribution in [-0.2, 0) is 6.42 Å². The number of nitrogens with one attached hydrogen (secondary N) is 1. The minimum Gasteiger partial charge on any atom is -0.478 e. The second kappa shape index (κ2) is 6.79. The maximum Gasteiger partial charge on any atom is 0.337 e. The highest BCUT2D eigenvalue weighted by Crippen LogP contribution is 2.25. The summed E-state index contributed by atoms with van der Waals surface area (Å²) in [5, 5.41) is 12.6. The number of carbonyl (C=O) groups is 1. The smallest absolute Gasteiger partial charge is 0.337 e. The van der Waals surface area contributed by atoms with Crippen molar-refractivity contribution in [3.63, 3.8) is 0 Å². The Kier molecular flexibility index (Phi) is 4.39. The molecular formula is C20H17NO2. The minimum absolute atomic E-state index is 0.266. The van der Waals surface area contributed by atoms with Crippen molar-refractivity contribution in [2.24, 2.45) is 0 Å². The fraction of sp³-hybridized carbons (Fsp3) is 0.0500. The van der Waals surface area contributed by atoms with E-state index in [1.54, 1.807) is 18.2 Å². The summed E-state index contributed by atoms with van der Waals surface area (Å²) in [7, 11) is 0. The van der Waals surface area contributed by atoms with E-state index in [0.29, 0.717) is 5.69 Å². The van der Waals surface area contributed by atoms with Crippen LogP contribution in [0.1, 0.15) is 21.5 Å². The van der Waals surface area contributed by atoms with Crippen LogP contribution in [0, 0.1) is 0 Å². The van der Waals surface area contributed by atoms with Gasteiger partial charge in [0.1, 0.15) is 0 Å².